The summed E-state index contributed by atoms with van der Waals surface area (Å²) in [6.45, 7) is 2.48. The number of rotatable bonds is 7. The average Bonchev–Trinajstić information content (AvgIpc) is 2.58. The summed E-state index contributed by atoms with van der Waals surface area (Å²) in [7, 11) is 0. The molecule has 132 valence electrons. The SMILES string of the molecule is CCOc1ccccc1/C=N\NC(=S)Nc1ccc(SC(F)F)cc1. The molecule has 25 heavy (non-hydrogen) atoms. The largest absolute Gasteiger partial charge is 0.493 e. The number of anilines is 1. The third-order valence-corrected chi connectivity index (χ3v) is 3.84. The smallest absolute Gasteiger partial charge is 0.288 e. The van der Waals surface area contributed by atoms with Crippen LogP contribution in [0.1, 0.15) is 12.5 Å². The van der Waals surface area contributed by atoms with Crippen LogP contribution >= 0.6 is 24.0 Å². The van der Waals surface area contributed by atoms with Gasteiger partial charge in [-0.1, -0.05) is 23.9 Å². The fourth-order valence-corrected chi connectivity index (χ4v) is 2.58. The molecule has 0 radical (unpaired) electrons. The van der Waals surface area contributed by atoms with Crippen LogP contribution in [0.5, 0.6) is 5.75 Å². The van der Waals surface area contributed by atoms with Gasteiger partial charge in [0.05, 0.1) is 12.8 Å². The molecule has 0 fully saturated rings. The molecule has 8 heteroatoms. The van der Waals surface area contributed by atoms with E-state index in [0.29, 0.717) is 34.1 Å². The zero-order valence-corrected chi connectivity index (χ0v) is 15.0. The highest BCUT2D eigenvalue weighted by Gasteiger charge is 2.05. The van der Waals surface area contributed by atoms with Crippen molar-refractivity contribution in [3.8, 4) is 5.75 Å². The van der Waals surface area contributed by atoms with Crippen molar-refractivity contribution in [1.82, 2.24) is 5.43 Å². The standard InChI is InChI=1S/C17H17F2N3OS2/c1-2-23-15-6-4-3-5-12(15)11-20-22-17(24)21-13-7-9-14(10-8-13)25-16(18)19/h3-11,16H,2H2,1H3,(H2,21,22,24)/b20-11-. The van der Waals surface area contributed by atoms with Gasteiger partial charge >= 0.3 is 0 Å². The highest BCUT2D eigenvalue weighted by Crippen LogP contribution is 2.26. The second-order valence-corrected chi connectivity index (χ2v) is 6.17. The summed E-state index contributed by atoms with van der Waals surface area (Å²) in [6.07, 6.45) is 1.61. The molecule has 0 aliphatic heterocycles. The van der Waals surface area contributed by atoms with E-state index in [9.17, 15) is 8.78 Å². The predicted octanol–water partition coefficient (Wildman–Crippen LogP) is 4.72. The van der Waals surface area contributed by atoms with E-state index >= 15 is 0 Å². The number of halogens is 2. The van der Waals surface area contributed by atoms with E-state index in [1.807, 2.05) is 31.2 Å². The highest BCUT2D eigenvalue weighted by molar-refractivity contribution is 7.99. The van der Waals surface area contributed by atoms with Gasteiger partial charge in [0.2, 0.25) is 0 Å². The normalized spacial score (nSPS) is 10.9. The third-order valence-electron chi connectivity index (χ3n) is 2.93. The van der Waals surface area contributed by atoms with E-state index in [2.05, 4.69) is 15.8 Å². The van der Waals surface area contributed by atoms with Crippen molar-refractivity contribution in [3.63, 3.8) is 0 Å². The summed E-state index contributed by atoms with van der Waals surface area (Å²) in [6, 6.07) is 14.1. The Morgan fingerprint density at radius 2 is 1.96 bits per heavy atom. The third kappa shape index (κ3) is 6.67. The molecular weight excluding hydrogens is 364 g/mol. The Hall–Kier alpha value is -2.19. The van der Waals surface area contributed by atoms with E-state index in [4.69, 9.17) is 17.0 Å². The number of para-hydroxylation sites is 1. The Bertz CT molecular complexity index is 724. The van der Waals surface area contributed by atoms with Crippen LogP contribution in [0, 0.1) is 0 Å². The van der Waals surface area contributed by atoms with Crippen LogP contribution in [0.25, 0.3) is 0 Å². The number of thioether (sulfide) groups is 1. The first-order valence-corrected chi connectivity index (χ1v) is 8.74. The zero-order chi connectivity index (χ0) is 18.1. The quantitative estimate of drug-likeness (QED) is 0.314. The van der Waals surface area contributed by atoms with Crippen LogP contribution in [0.3, 0.4) is 0 Å². The van der Waals surface area contributed by atoms with Crippen molar-refractivity contribution in [2.45, 2.75) is 17.6 Å². The molecule has 0 amide bonds. The minimum absolute atomic E-state index is 0.291. The molecule has 2 aromatic rings. The summed E-state index contributed by atoms with van der Waals surface area (Å²) in [5.41, 5.74) is 4.21. The molecule has 2 aromatic carbocycles. The molecule has 0 bridgehead atoms. The molecular formula is C17H17F2N3OS2. The minimum Gasteiger partial charge on any atom is -0.493 e. The van der Waals surface area contributed by atoms with Gasteiger partial charge in [0.15, 0.2) is 5.11 Å². The van der Waals surface area contributed by atoms with E-state index in [1.54, 1.807) is 30.5 Å². The fourth-order valence-electron chi connectivity index (χ4n) is 1.91. The Labute approximate surface area is 154 Å². The molecule has 0 atom stereocenters. The first kappa shape index (κ1) is 19.1. The van der Waals surface area contributed by atoms with Gasteiger partial charge in [-0.05, 0) is 55.5 Å². The molecule has 0 spiro atoms. The van der Waals surface area contributed by atoms with Crippen molar-refractivity contribution in [3.05, 3.63) is 54.1 Å². The molecule has 2 N–H and O–H groups in total. The second kappa shape index (κ2) is 9.95. The molecule has 0 aliphatic carbocycles. The molecule has 0 unspecified atom stereocenters. The van der Waals surface area contributed by atoms with Crippen LogP contribution in [0.4, 0.5) is 14.5 Å². The summed E-state index contributed by atoms with van der Waals surface area (Å²) in [5.74, 6) is -1.70. The molecule has 0 saturated carbocycles. The van der Waals surface area contributed by atoms with Crippen molar-refractivity contribution in [2.75, 3.05) is 11.9 Å². The molecule has 0 aromatic heterocycles. The van der Waals surface area contributed by atoms with Gasteiger partial charge in [-0.25, -0.2) is 0 Å². The highest BCUT2D eigenvalue weighted by atomic mass is 32.2. The number of alkyl halides is 2. The Balaban J connectivity index is 1.88. The van der Waals surface area contributed by atoms with Gasteiger partial charge in [-0.3, -0.25) is 5.43 Å². The van der Waals surface area contributed by atoms with Gasteiger partial charge in [0.1, 0.15) is 5.75 Å². The topological polar surface area (TPSA) is 45.6 Å². The van der Waals surface area contributed by atoms with E-state index in [1.165, 1.54) is 0 Å². The molecule has 0 aliphatic rings. The number of hydrogen-bond acceptors (Lipinski definition) is 4. The summed E-state index contributed by atoms with van der Waals surface area (Å²) < 4.78 is 30.1. The summed E-state index contributed by atoms with van der Waals surface area (Å²) >= 11 is 5.64. The molecule has 2 rings (SSSR count). The van der Waals surface area contributed by atoms with Crippen molar-refractivity contribution < 1.29 is 13.5 Å². The summed E-state index contributed by atoms with van der Waals surface area (Å²) in [4.78, 5) is 0.491. The van der Waals surface area contributed by atoms with Gasteiger partial charge in [-0.15, -0.1) is 0 Å². The van der Waals surface area contributed by atoms with Crippen LogP contribution in [0.2, 0.25) is 0 Å². The van der Waals surface area contributed by atoms with Gasteiger partial charge in [-0.2, -0.15) is 13.9 Å². The first-order valence-electron chi connectivity index (χ1n) is 7.45. The molecule has 0 saturated heterocycles. The number of benzene rings is 2. The monoisotopic (exact) mass is 381 g/mol. The number of thiocarbonyl (C=S) groups is 1. The van der Waals surface area contributed by atoms with Crippen LogP contribution in [-0.2, 0) is 0 Å². The lowest BCUT2D eigenvalue weighted by molar-refractivity contribution is 0.252. The van der Waals surface area contributed by atoms with Gasteiger partial charge < -0.3 is 10.1 Å². The van der Waals surface area contributed by atoms with Gasteiger partial charge in [0, 0.05) is 16.1 Å². The zero-order valence-electron chi connectivity index (χ0n) is 13.4. The Morgan fingerprint density at radius 1 is 1.24 bits per heavy atom. The van der Waals surface area contributed by atoms with E-state index < -0.39 is 5.76 Å². The van der Waals surface area contributed by atoms with Crippen LogP contribution in [-0.4, -0.2) is 23.7 Å². The first-order chi connectivity index (χ1) is 12.1. The Morgan fingerprint density at radius 3 is 2.64 bits per heavy atom. The van der Waals surface area contributed by atoms with Gasteiger partial charge in [0.25, 0.3) is 5.76 Å². The van der Waals surface area contributed by atoms with Crippen molar-refractivity contribution >= 4 is 41.0 Å². The number of ether oxygens (including phenoxy) is 1. The predicted molar refractivity (Wildman–Crippen MR) is 103 cm³/mol. The minimum atomic E-state index is -2.43. The number of nitrogens with one attached hydrogen (secondary N) is 2. The fraction of sp³-hybridized carbons (Fsp3) is 0.176. The number of nitrogens with zero attached hydrogens (tertiary/aromatic N) is 1. The number of hydrazone groups is 1. The molecule has 4 nitrogen and oxygen atoms in total. The van der Waals surface area contributed by atoms with Crippen LogP contribution in [0.15, 0.2) is 58.5 Å². The van der Waals surface area contributed by atoms with Crippen LogP contribution < -0.4 is 15.5 Å². The lowest BCUT2D eigenvalue weighted by atomic mass is 10.2. The Kier molecular flexibility index (Phi) is 7.62. The lowest BCUT2D eigenvalue weighted by Gasteiger charge is -2.08. The maximum atomic E-state index is 12.3. The maximum absolute atomic E-state index is 12.3. The maximum Gasteiger partial charge on any atom is 0.288 e. The van der Waals surface area contributed by atoms with Crippen molar-refractivity contribution in [1.29, 1.82) is 0 Å². The average molecular weight is 381 g/mol. The summed E-state index contributed by atoms with van der Waals surface area (Å²) in [5, 5.41) is 7.29. The second-order valence-electron chi connectivity index (χ2n) is 4.70. The van der Waals surface area contributed by atoms with E-state index in [0.717, 1.165) is 11.3 Å². The van der Waals surface area contributed by atoms with Crippen molar-refractivity contribution in [2.24, 2.45) is 5.10 Å². The van der Waals surface area contributed by atoms with E-state index in [-0.39, 0.29) is 0 Å². The lowest BCUT2D eigenvalue weighted by Crippen LogP contribution is -2.23. The molecule has 0 heterocycles. The number of hydrogen-bond donors (Lipinski definition) is 2.